The summed E-state index contributed by atoms with van der Waals surface area (Å²) >= 11 is 0. The predicted octanol–water partition coefficient (Wildman–Crippen LogP) is 2.46. The number of nitrogens with one attached hydrogen (secondary N) is 1. The lowest BCUT2D eigenvalue weighted by molar-refractivity contribution is 0.0526. The summed E-state index contributed by atoms with van der Waals surface area (Å²) in [5, 5.41) is 7.76. The molecule has 126 valence electrons. The summed E-state index contributed by atoms with van der Waals surface area (Å²) in [6, 6.07) is 3.58. The first kappa shape index (κ1) is 15.2. The first-order chi connectivity index (χ1) is 11.8. The molecule has 1 aliphatic heterocycles. The van der Waals surface area contributed by atoms with Crippen LogP contribution in [0.25, 0.3) is 0 Å². The summed E-state index contributed by atoms with van der Waals surface area (Å²) in [6.07, 6.45) is 6.09. The molecule has 2 aliphatic rings. The third-order valence-corrected chi connectivity index (χ3v) is 4.79. The number of hydrogen-bond donors (Lipinski definition) is 1. The van der Waals surface area contributed by atoms with Gasteiger partial charge in [-0.3, -0.25) is 5.10 Å². The van der Waals surface area contributed by atoms with Gasteiger partial charge in [-0.2, -0.15) is 5.10 Å². The van der Waals surface area contributed by atoms with Crippen LogP contribution in [0.3, 0.4) is 0 Å². The third-order valence-electron chi connectivity index (χ3n) is 4.79. The van der Waals surface area contributed by atoms with Crippen LogP contribution in [0.1, 0.15) is 53.0 Å². The molecular weight excluding hydrogens is 304 g/mol. The number of carbonyl (C=O) groups is 1. The fraction of sp³-hybridized carbons (Fsp3) is 0.500. The molecule has 1 N–H and O–H groups in total. The number of aromatic nitrogens is 3. The standard InChI is InChI=1S/C18H22N4O2/c1-2-24-18(23)14-4-3-9-19-17(14)22-10-7-13-15(8-11-22)20-21-16(13)12-5-6-12/h3-4,9,12H,2,5-8,10-11H2,1H3,(H,20,21). The number of fused-ring (bicyclic) bond motifs is 1. The second-order valence-corrected chi connectivity index (χ2v) is 6.42. The lowest BCUT2D eigenvalue weighted by Crippen LogP contribution is -2.29. The summed E-state index contributed by atoms with van der Waals surface area (Å²) in [6.45, 7) is 3.85. The highest BCUT2D eigenvalue weighted by Crippen LogP contribution is 2.41. The Morgan fingerprint density at radius 3 is 3.00 bits per heavy atom. The van der Waals surface area contributed by atoms with E-state index in [1.807, 2.05) is 6.92 Å². The Morgan fingerprint density at radius 1 is 1.38 bits per heavy atom. The van der Waals surface area contributed by atoms with Crippen LogP contribution in [-0.4, -0.2) is 40.8 Å². The van der Waals surface area contributed by atoms with Crippen molar-refractivity contribution in [3.63, 3.8) is 0 Å². The predicted molar refractivity (Wildman–Crippen MR) is 90.4 cm³/mol. The van der Waals surface area contributed by atoms with Crippen molar-refractivity contribution in [3.8, 4) is 0 Å². The van der Waals surface area contributed by atoms with E-state index in [1.54, 1.807) is 18.3 Å². The zero-order valence-electron chi connectivity index (χ0n) is 13.9. The van der Waals surface area contributed by atoms with Crippen molar-refractivity contribution >= 4 is 11.8 Å². The molecule has 24 heavy (non-hydrogen) atoms. The van der Waals surface area contributed by atoms with Gasteiger partial charge in [0.1, 0.15) is 11.4 Å². The van der Waals surface area contributed by atoms with E-state index in [-0.39, 0.29) is 5.97 Å². The SMILES string of the molecule is CCOC(=O)c1cccnc1N1CCc2[nH]nc(C3CC3)c2CC1. The molecule has 3 heterocycles. The summed E-state index contributed by atoms with van der Waals surface area (Å²) in [7, 11) is 0. The third kappa shape index (κ3) is 2.77. The number of pyridine rings is 1. The molecule has 1 fully saturated rings. The van der Waals surface area contributed by atoms with Gasteiger partial charge in [0.25, 0.3) is 0 Å². The van der Waals surface area contributed by atoms with Crippen LogP contribution in [0.4, 0.5) is 5.82 Å². The van der Waals surface area contributed by atoms with Crippen molar-refractivity contribution in [3.05, 3.63) is 40.8 Å². The number of hydrogen-bond acceptors (Lipinski definition) is 5. The van der Waals surface area contributed by atoms with Gasteiger partial charge < -0.3 is 9.64 Å². The molecule has 0 atom stereocenters. The van der Waals surface area contributed by atoms with E-state index < -0.39 is 0 Å². The monoisotopic (exact) mass is 326 g/mol. The maximum atomic E-state index is 12.2. The molecule has 0 aromatic carbocycles. The molecule has 0 saturated heterocycles. The van der Waals surface area contributed by atoms with Crippen molar-refractivity contribution < 1.29 is 9.53 Å². The number of nitrogens with zero attached hydrogens (tertiary/aromatic N) is 3. The van der Waals surface area contributed by atoms with Gasteiger partial charge in [0.05, 0.1) is 12.3 Å². The molecule has 0 amide bonds. The Bertz CT molecular complexity index is 751. The maximum Gasteiger partial charge on any atom is 0.341 e. The molecule has 1 saturated carbocycles. The second kappa shape index (κ2) is 6.26. The lowest BCUT2D eigenvalue weighted by Gasteiger charge is -2.23. The average molecular weight is 326 g/mol. The molecule has 4 rings (SSSR count). The van der Waals surface area contributed by atoms with Gasteiger partial charge >= 0.3 is 5.97 Å². The summed E-state index contributed by atoms with van der Waals surface area (Å²) in [5.74, 6) is 1.08. The maximum absolute atomic E-state index is 12.2. The van der Waals surface area contributed by atoms with Crippen LogP contribution >= 0.6 is 0 Å². The molecule has 0 bridgehead atoms. The highest BCUT2D eigenvalue weighted by molar-refractivity contribution is 5.94. The smallest absolute Gasteiger partial charge is 0.341 e. The van der Waals surface area contributed by atoms with E-state index in [0.717, 1.165) is 31.7 Å². The van der Waals surface area contributed by atoms with Crippen LogP contribution in [0.2, 0.25) is 0 Å². The molecule has 2 aromatic rings. The first-order valence-corrected chi connectivity index (χ1v) is 8.71. The quantitative estimate of drug-likeness (QED) is 0.874. The molecule has 6 heteroatoms. The van der Waals surface area contributed by atoms with Crippen molar-refractivity contribution in [1.29, 1.82) is 0 Å². The first-order valence-electron chi connectivity index (χ1n) is 8.71. The number of aromatic amines is 1. The van der Waals surface area contributed by atoms with Crippen LogP contribution < -0.4 is 4.90 Å². The van der Waals surface area contributed by atoms with Gasteiger partial charge in [-0.15, -0.1) is 0 Å². The summed E-state index contributed by atoms with van der Waals surface area (Å²) < 4.78 is 5.17. The van der Waals surface area contributed by atoms with E-state index in [2.05, 4.69) is 20.1 Å². The fourth-order valence-electron chi connectivity index (χ4n) is 3.43. The van der Waals surface area contributed by atoms with Gasteiger partial charge in [0, 0.05) is 37.3 Å². The summed E-state index contributed by atoms with van der Waals surface area (Å²) in [4.78, 5) is 18.9. The van der Waals surface area contributed by atoms with Gasteiger partial charge in [-0.1, -0.05) is 0 Å². The van der Waals surface area contributed by atoms with Crippen molar-refractivity contribution in [2.45, 2.75) is 38.5 Å². The van der Waals surface area contributed by atoms with Crippen molar-refractivity contribution in [2.75, 3.05) is 24.6 Å². The van der Waals surface area contributed by atoms with Crippen LogP contribution in [0.15, 0.2) is 18.3 Å². The Labute approximate surface area is 141 Å². The van der Waals surface area contributed by atoms with E-state index in [0.29, 0.717) is 18.1 Å². The molecule has 0 radical (unpaired) electrons. The highest BCUT2D eigenvalue weighted by Gasteiger charge is 2.31. The molecule has 1 aliphatic carbocycles. The molecule has 2 aromatic heterocycles. The zero-order chi connectivity index (χ0) is 16.5. The minimum Gasteiger partial charge on any atom is -0.462 e. The van der Waals surface area contributed by atoms with Crippen molar-refractivity contribution in [2.24, 2.45) is 0 Å². The summed E-state index contributed by atoms with van der Waals surface area (Å²) in [5.41, 5.74) is 4.44. The Morgan fingerprint density at radius 2 is 2.21 bits per heavy atom. The number of anilines is 1. The molecular formula is C18H22N4O2. The number of H-pyrrole nitrogens is 1. The fourth-order valence-corrected chi connectivity index (χ4v) is 3.43. The highest BCUT2D eigenvalue weighted by atomic mass is 16.5. The van der Waals surface area contributed by atoms with Gasteiger partial charge in [-0.25, -0.2) is 9.78 Å². The number of carbonyl (C=O) groups excluding carboxylic acids is 1. The van der Waals surface area contributed by atoms with E-state index in [9.17, 15) is 4.79 Å². The largest absolute Gasteiger partial charge is 0.462 e. The van der Waals surface area contributed by atoms with Crippen LogP contribution in [-0.2, 0) is 17.6 Å². The molecule has 6 nitrogen and oxygen atoms in total. The Balaban J connectivity index is 1.57. The van der Waals surface area contributed by atoms with E-state index >= 15 is 0 Å². The second-order valence-electron chi connectivity index (χ2n) is 6.42. The van der Waals surface area contributed by atoms with E-state index in [4.69, 9.17) is 4.74 Å². The van der Waals surface area contributed by atoms with E-state index in [1.165, 1.54) is 29.8 Å². The number of rotatable bonds is 4. The number of esters is 1. The minimum absolute atomic E-state index is 0.302. The normalized spacial score (nSPS) is 17.3. The number of ether oxygens (including phenoxy) is 1. The van der Waals surface area contributed by atoms with Gasteiger partial charge in [0.15, 0.2) is 0 Å². The van der Waals surface area contributed by atoms with Gasteiger partial charge in [0.2, 0.25) is 0 Å². The zero-order valence-corrected chi connectivity index (χ0v) is 13.9. The molecule has 0 unspecified atom stereocenters. The van der Waals surface area contributed by atoms with Crippen LogP contribution in [0, 0.1) is 0 Å². The Hall–Kier alpha value is -2.37. The Kier molecular flexibility index (Phi) is 3.96. The van der Waals surface area contributed by atoms with Crippen LogP contribution in [0.5, 0.6) is 0 Å². The average Bonchev–Trinajstić information content (AvgIpc) is 3.40. The lowest BCUT2D eigenvalue weighted by atomic mass is 10.1. The van der Waals surface area contributed by atoms with Gasteiger partial charge in [-0.05, 0) is 43.9 Å². The molecule has 0 spiro atoms. The van der Waals surface area contributed by atoms with Crippen molar-refractivity contribution in [1.82, 2.24) is 15.2 Å². The topological polar surface area (TPSA) is 71.1 Å². The minimum atomic E-state index is -0.302.